The molecule has 0 aromatic heterocycles. The highest BCUT2D eigenvalue weighted by Gasteiger charge is 2.25. The summed E-state index contributed by atoms with van der Waals surface area (Å²) < 4.78 is 48.1. The van der Waals surface area contributed by atoms with Crippen molar-refractivity contribution >= 4 is 0 Å². The minimum absolute atomic E-state index is 0.0840. The maximum atomic E-state index is 12.8. The summed E-state index contributed by atoms with van der Waals surface area (Å²) in [6.45, 7) is 0.618. The molecule has 5 heteroatoms. The number of benzene rings is 1. The molecule has 0 aliphatic carbocycles. The largest absolute Gasteiger partial charge is 0.401 e. The molecule has 0 heterocycles. The minimum atomic E-state index is -4.21. The molecule has 0 saturated carbocycles. The number of aryl methyl sites for hydroxylation is 1. The second kappa shape index (κ2) is 4.61. The van der Waals surface area contributed by atoms with Gasteiger partial charge in [0, 0.05) is 6.54 Å². The predicted octanol–water partition coefficient (Wildman–Crippen LogP) is 2.79. The zero-order valence-corrected chi connectivity index (χ0v) is 8.16. The number of hydrogen-bond acceptors (Lipinski definition) is 1. The number of alkyl halides is 3. The molecule has 0 atom stereocenters. The van der Waals surface area contributed by atoms with Gasteiger partial charge in [-0.05, 0) is 24.1 Å². The van der Waals surface area contributed by atoms with Gasteiger partial charge in [-0.3, -0.25) is 0 Å². The van der Waals surface area contributed by atoms with Gasteiger partial charge in [-0.25, -0.2) is 4.39 Å². The van der Waals surface area contributed by atoms with E-state index >= 15 is 0 Å². The Balaban J connectivity index is 2.48. The number of halogens is 4. The van der Waals surface area contributed by atoms with E-state index in [9.17, 15) is 17.6 Å². The molecule has 1 aromatic rings. The molecule has 1 aromatic carbocycles. The summed E-state index contributed by atoms with van der Waals surface area (Å²) in [5, 5.41) is 2.24. The second-order valence-electron chi connectivity index (χ2n) is 3.30. The SMILES string of the molecule is Cc1cc(CNCC(F)(F)F)ccc1F. The van der Waals surface area contributed by atoms with Gasteiger partial charge in [0.05, 0.1) is 6.54 Å². The van der Waals surface area contributed by atoms with Crippen LogP contribution in [-0.4, -0.2) is 12.7 Å². The topological polar surface area (TPSA) is 12.0 Å². The van der Waals surface area contributed by atoms with E-state index in [2.05, 4.69) is 5.32 Å². The predicted molar refractivity (Wildman–Crippen MR) is 48.9 cm³/mol. The summed E-state index contributed by atoms with van der Waals surface area (Å²) in [7, 11) is 0. The van der Waals surface area contributed by atoms with Crippen LogP contribution in [-0.2, 0) is 6.54 Å². The highest BCUT2D eigenvalue weighted by Crippen LogP contribution is 2.13. The van der Waals surface area contributed by atoms with Crippen LogP contribution in [0.25, 0.3) is 0 Å². The fourth-order valence-corrected chi connectivity index (χ4v) is 1.17. The molecule has 0 spiro atoms. The first-order valence-corrected chi connectivity index (χ1v) is 4.41. The van der Waals surface area contributed by atoms with Crippen LogP contribution in [0.5, 0.6) is 0 Å². The molecule has 0 amide bonds. The van der Waals surface area contributed by atoms with Crippen molar-refractivity contribution in [2.45, 2.75) is 19.6 Å². The molecule has 1 N–H and O–H groups in total. The van der Waals surface area contributed by atoms with Gasteiger partial charge in [0.1, 0.15) is 5.82 Å². The van der Waals surface area contributed by atoms with E-state index in [1.807, 2.05) is 0 Å². The highest BCUT2D eigenvalue weighted by molar-refractivity contribution is 5.23. The molecule has 0 aliphatic rings. The highest BCUT2D eigenvalue weighted by atomic mass is 19.4. The first-order valence-electron chi connectivity index (χ1n) is 4.41. The molecule has 0 unspecified atom stereocenters. The summed E-state index contributed by atoms with van der Waals surface area (Å²) in [5.74, 6) is -0.352. The number of rotatable bonds is 3. The summed E-state index contributed by atoms with van der Waals surface area (Å²) in [6.07, 6.45) is -4.21. The first kappa shape index (κ1) is 12.0. The number of hydrogen-bond donors (Lipinski definition) is 1. The van der Waals surface area contributed by atoms with Crippen LogP contribution in [0.1, 0.15) is 11.1 Å². The average Bonchev–Trinajstić information content (AvgIpc) is 2.09. The summed E-state index contributed by atoms with van der Waals surface area (Å²) >= 11 is 0. The second-order valence-corrected chi connectivity index (χ2v) is 3.30. The van der Waals surface area contributed by atoms with Crippen molar-refractivity contribution in [3.8, 4) is 0 Å². The maximum absolute atomic E-state index is 12.8. The van der Waals surface area contributed by atoms with Crippen LogP contribution in [0, 0.1) is 12.7 Å². The van der Waals surface area contributed by atoms with Gasteiger partial charge in [0.25, 0.3) is 0 Å². The number of nitrogens with one attached hydrogen (secondary N) is 1. The van der Waals surface area contributed by atoms with E-state index < -0.39 is 12.7 Å². The molecule has 84 valence electrons. The smallest absolute Gasteiger partial charge is 0.305 e. The molecular formula is C10H11F4N. The van der Waals surface area contributed by atoms with Crippen molar-refractivity contribution in [1.29, 1.82) is 0 Å². The lowest BCUT2D eigenvalue weighted by Crippen LogP contribution is -2.28. The Morgan fingerprint density at radius 2 is 1.93 bits per heavy atom. The van der Waals surface area contributed by atoms with Gasteiger partial charge in [-0.2, -0.15) is 13.2 Å². The van der Waals surface area contributed by atoms with E-state index in [1.165, 1.54) is 18.2 Å². The summed E-state index contributed by atoms with van der Waals surface area (Å²) in [4.78, 5) is 0. The van der Waals surface area contributed by atoms with Crippen molar-refractivity contribution < 1.29 is 17.6 Å². The molecule has 0 aliphatic heterocycles. The lowest BCUT2D eigenvalue weighted by Gasteiger charge is -2.08. The van der Waals surface area contributed by atoms with Crippen molar-refractivity contribution in [2.24, 2.45) is 0 Å². The van der Waals surface area contributed by atoms with E-state index in [0.717, 1.165) is 0 Å². The van der Waals surface area contributed by atoms with Crippen molar-refractivity contribution in [1.82, 2.24) is 5.32 Å². The van der Waals surface area contributed by atoms with Crippen LogP contribution in [0.15, 0.2) is 18.2 Å². The standard InChI is InChI=1S/C10H11F4N/c1-7-4-8(2-3-9(7)11)5-15-6-10(12,13)14/h2-4,15H,5-6H2,1H3. The zero-order chi connectivity index (χ0) is 11.5. The molecule has 0 radical (unpaired) electrons. The molecule has 1 rings (SSSR count). The van der Waals surface area contributed by atoms with Gasteiger partial charge in [0.15, 0.2) is 0 Å². The molecule has 0 bridgehead atoms. The van der Waals surface area contributed by atoms with E-state index in [0.29, 0.717) is 11.1 Å². The van der Waals surface area contributed by atoms with Crippen molar-refractivity contribution in [3.05, 3.63) is 35.1 Å². The van der Waals surface area contributed by atoms with Gasteiger partial charge in [-0.15, -0.1) is 0 Å². The van der Waals surface area contributed by atoms with Crippen molar-refractivity contribution in [2.75, 3.05) is 6.54 Å². The van der Waals surface area contributed by atoms with Gasteiger partial charge < -0.3 is 5.32 Å². The fourth-order valence-electron chi connectivity index (χ4n) is 1.17. The Labute approximate surface area is 85.1 Å². The van der Waals surface area contributed by atoms with Crippen molar-refractivity contribution in [3.63, 3.8) is 0 Å². The minimum Gasteiger partial charge on any atom is -0.305 e. The van der Waals surface area contributed by atoms with E-state index in [-0.39, 0.29) is 12.4 Å². The molecule has 0 fully saturated rings. The Kier molecular flexibility index (Phi) is 3.68. The zero-order valence-electron chi connectivity index (χ0n) is 8.16. The molecule has 15 heavy (non-hydrogen) atoms. The van der Waals surface area contributed by atoms with Crippen LogP contribution in [0.4, 0.5) is 17.6 Å². The van der Waals surface area contributed by atoms with Crippen LogP contribution < -0.4 is 5.32 Å². The molecular weight excluding hydrogens is 210 g/mol. The lowest BCUT2D eigenvalue weighted by atomic mass is 10.1. The van der Waals surface area contributed by atoms with Gasteiger partial charge >= 0.3 is 6.18 Å². The average molecular weight is 221 g/mol. The Hall–Kier alpha value is -1.10. The first-order chi connectivity index (χ1) is 6.88. The summed E-state index contributed by atoms with van der Waals surface area (Å²) in [6, 6.07) is 4.24. The van der Waals surface area contributed by atoms with Crippen LogP contribution in [0.2, 0.25) is 0 Å². The fraction of sp³-hybridized carbons (Fsp3) is 0.400. The Morgan fingerprint density at radius 1 is 1.27 bits per heavy atom. The van der Waals surface area contributed by atoms with Gasteiger partial charge in [0.2, 0.25) is 0 Å². The Morgan fingerprint density at radius 3 is 2.47 bits per heavy atom. The monoisotopic (exact) mass is 221 g/mol. The van der Waals surface area contributed by atoms with Crippen LogP contribution >= 0.6 is 0 Å². The normalized spacial score (nSPS) is 11.8. The van der Waals surface area contributed by atoms with E-state index in [4.69, 9.17) is 0 Å². The quantitative estimate of drug-likeness (QED) is 0.774. The lowest BCUT2D eigenvalue weighted by molar-refractivity contribution is -0.125. The summed E-state index contributed by atoms with van der Waals surface area (Å²) in [5.41, 5.74) is 1.07. The van der Waals surface area contributed by atoms with Crippen LogP contribution in [0.3, 0.4) is 0 Å². The third-order valence-electron chi connectivity index (χ3n) is 1.88. The van der Waals surface area contributed by atoms with E-state index in [1.54, 1.807) is 6.92 Å². The Bertz CT molecular complexity index is 333. The van der Waals surface area contributed by atoms with Gasteiger partial charge in [-0.1, -0.05) is 12.1 Å². The third-order valence-corrected chi connectivity index (χ3v) is 1.88. The maximum Gasteiger partial charge on any atom is 0.401 e. The molecule has 0 saturated heterocycles. The molecule has 1 nitrogen and oxygen atoms in total. The third kappa shape index (κ3) is 4.29.